The quantitative estimate of drug-likeness (QED) is 0.700. The van der Waals surface area contributed by atoms with Crippen LogP contribution in [0.15, 0.2) is 24.5 Å². The minimum Gasteiger partial charge on any atom is -0.494 e. The maximum atomic E-state index is 9.22. The predicted octanol–water partition coefficient (Wildman–Crippen LogP) is 2.64. The molecule has 0 aliphatic carbocycles. The molecule has 1 atom stereocenters. The number of rotatable bonds is 4. The highest BCUT2D eigenvalue weighted by Crippen LogP contribution is 2.32. The van der Waals surface area contributed by atoms with E-state index in [2.05, 4.69) is 12.7 Å². The smallest absolute Gasteiger partial charge is 0.102 e. The molecule has 14 heavy (non-hydrogen) atoms. The second-order valence-corrected chi connectivity index (χ2v) is 4.45. The van der Waals surface area contributed by atoms with Crippen molar-refractivity contribution in [3.63, 3.8) is 0 Å². The summed E-state index contributed by atoms with van der Waals surface area (Å²) in [5.41, 5.74) is -0.250. The van der Waals surface area contributed by atoms with Gasteiger partial charge in [0.05, 0.1) is 6.61 Å². The van der Waals surface area contributed by atoms with E-state index in [0.717, 1.165) is 25.0 Å². The Kier molecular flexibility index (Phi) is 3.76. The number of hydrogen-bond acceptors (Lipinski definition) is 2. The third-order valence-electron chi connectivity index (χ3n) is 2.60. The monoisotopic (exact) mass is 196 g/mol. The first-order valence-corrected chi connectivity index (χ1v) is 5.19. The summed E-state index contributed by atoms with van der Waals surface area (Å²) in [5.74, 6) is 0.929. The number of hydrogen-bond donors (Lipinski definition) is 1. The Morgan fingerprint density at radius 3 is 3.00 bits per heavy atom. The predicted molar refractivity (Wildman–Crippen MR) is 57.9 cm³/mol. The maximum Gasteiger partial charge on any atom is 0.102 e. The lowest BCUT2D eigenvalue weighted by molar-refractivity contribution is 0.0338. The van der Waals surface area contributed by atoms with E-state index >= 15 is 0 Å². The van der Waals surface area contributed by atoms with Crippen LogP contribution in [-0.4, -0.2) is 17.8 Å². The highest BCUT2D eigenvalue weighted by Gasteiger charge is 2.28. The Hall–Kier alpha value is -0.760. The lowest BCUT2D eigenvalue weighted by Crippen LogP contribution is -2.27. The van der Waals surface area contributed by atoms with Crippen molar-refractivity contribution in [2.45, 2.75) is 39.2 Å². The fraction of sp³-hybridized carbons (Fsp3) is 0.667. The first-order valence-electron chi connectivity index (χ1n) is 5.19. The summed E-state index contributed by atoms with van der Waals surface area (Å²) < 4.78 is 5.81. The summed E-state index contributed by atoms with van der Waals surface area (Å²) in [5, 5.41) is 9.22. The standard InChI is InChI=1S/C12H20O2/c1-4-6-10-7-5-8-11(14-10)12(2,3)9-13/h4,8,10,13H,1,5-7,9H2,2-3H3/t10-/m1/s1. The average molecular weight is 196 g/mol. The van der Waals surface area contributed by atoms with Crippen molar-refractivity contribution >= 4 is 0 Å². The minimum absolute atomic E-state index is 0.125. The molecule has 0 amide bonds. The third kappa shape index (κ3) is 2.61. The van der Waals surface area contributed by atoms with Gasteiger partial charge in [-0.05, 0) is 18.9 Å². The van der Waals surface area contributed by atoms with E-state index in [9.17, 15) is 5.11 Å². The van der Waals surface area contributed by atoms with Crippen molar-refractivity contribution in [1.82, 2.24) is 0 Å². The van der Waals surface area contributed by atoms with Crippen molar-refractivity contribution in [2.75, 3.05) is 6.61 Å². The maximum absolute atomic E-state index is 9.22. The zero-order valence-electron chi connectivity index (χ0n) is 9.12. The Balaban J connectivity index is 2.63. The summed E-state index contributed by atoms with van der Waals surface area (Å²) in [6.07, 6.45) is 7.21. The van der Waals surface area contributed by atoms with Gasteiger partial charge < -0.3 is 9.84 Å². The van der Waals surface area contributed by atoms with Crippen LogP contribution in [0.5, 0.6) is 0 Å². The molecule has 2 heteroatoms. The molecule has 80 valence electrons. The van der Waals surface area contributed by atoms with Crippen LogP contribution in [0.1, 0.15) is 33.1 Å². The van der Waals surface area contributed by atoms with Crippen LogP contribution in [0.3, 0.4) is 0 Å². The van der Waals surface area contributed by atoms with Gasteiger partial charge in [-0.1, -0.05) is 19.9 Å². The van der Waals surface area contributed by atoms with Crippen molar-refractivity contribution in [2.24, 2.45) is 5.41 Å². The van der Waals surface area contributed by atoms with Crippen LogP contribution in [-0.2, 0) is 4.74 Å². The molecule has 0 spiro atoms. The summed E-state index contributed by atoms with van der Waals surface area (Å²) in [6.45, 7) is 7.83. The van der Waals surface area contributed by atoms with Crippen LogP contribution >= 0.6 is 0 Å². The van der Waals surface area contributed by atoms with Gasteiger partial charge in [0.2, 0.25) is 0 Å². The van der Waals surface area contributed by atoms with Gasteiger partial charge in [-0.2, -0.15) is 0 Å². The van der Waals surface area contributed by atoms with Crippen molar-refractivity contribution in [3.8, 4) is 0 Å². The molecule has 1 aliphatic heterocycles. The summed E-state index contributed by atoms with van der Waals surface area (Å²) in [4.78, 5) is 0. The Morgan fingerprint density at radius 1 is 1.71 bits per heavy atom. The topological polar surface area (TPSA) is 29.5 Å². The number of aliphatic hydroxyl groups is 1. The molecular weight excluding hydrogens is 176 g/mol. The molecule has 1 heterocycles. The molecule has 0 radical (unpaired) electrons. The van der Waals surface area contributed by atoms with Gasteiger partial charge in [0.25, 0.3) is 0 Å². The van der Waals surface area contributed by atoms with E-state index in [1.54, 1.807) is 0 Å². The molecule has 1 rings (SSSR count). The van der Waals surface area contributed by atoms with Gasteiger partial charge in [0, 0.05) is 11.8 Å². The SMILES string of the molecule is C=CC[C@@H]1CCC=C(C(C)(C)CO)O1. The molecule has 0 saturated heterocycles. The fourth-order valence-electron chi connectivity index (χ4n) is 1.55. The third-order valence-corrected chi connectivity index (χ3v) is 2.60. The lowest BCUT2D eigenvalue weighted by atomic mass is 9.89. The van der Waals surface area contributed by atoms with Crippen molar-refractivity contribution in [1.29, 1.82) is 0 Å². The Morgan fingerprint density at radius 2 is 2.43 bits per heavy atom. The second-order valence-electron chi connectivity index (χ2n) is 4.45. The van der Waals surface area contributed by atoms with Crippen LogP contribution in [0.4, 0.5) is 0 Å². The molecule has 0 aromatic carbocycles. The summed E-state index contributed by atoms with van der Waals surface area (Å²) in [6, 6.07) is 0. The molecular formula is C12H20O2. The van der Waals surface area contributed by atoms with Gasteiger partial charge in [-0.3, -0.25) is 0 Å². The molecule has 0 aromatic heterocycles. The normalized spacial score (nSPS) is 22.5. The first kappa shape index (κ1) is 11.3. The van der Waals surface area contributed by atoms with E-state index in [1.807, 2.05) is 19.9 Å². The van der Waals surface area contributed by atoms with E-state index in [1.165, 1.54) is 0 Å². The number of aliphatic hydroxyl groups excluding tert-OH is 1. The second kappa shape index (κ2) is 4.65. The summed E-state index contributed by atoms with van der Waals surface area (Å²) >= 11 is 0. The molecule has 0 saturated carbocycles. The summed E-state index contributed by atoms with van der Waals surface area (Å²) in [7, 11) is 0. The fourth-order valence-corrected chi connectivity index (χ4v) is 1.55. The minimum atomic E-state index is -0.250. The molecule has 0 bridgehead atoms. The van der Waals surface area contributed by atoms with Crippen LogP contribution in [0.25, 0.3) is 0 Å². The highest BCUT2D eigenvalue weighted by molar-refractivity contribution is 5.08. The van der Waals surface area contributed by atoms with E-state index < -0.39 is 0 Å². The zero-order chi connectivity index (χ0) is 10.6. The molecule has 1 aliphatic rings. The van der Waals surface area contributed by atoms with Crippen molar-refractivity contribution < 1.29 is 9.84 Å². The van der Waals surface area contributed by atoms with E-state index in [4.69, 9.17) is 4.74 Å². The van der Waals surface area contributed by atoms with Gasteiger partial charge in [-0.15, -0.1) is 6.58 Å². The zero-order valence-corrected chi connectivity index (χ0v) is 9.12. The van der Waals surface area contributed by atoms with Gasteiger partial charge >= 0.3 is 0 Å². The number of ether oxygens (including phenoxy) is 1. The molecule has 0 fully saturated rings. The van der Waals surface area contributed by atoms with Gasteiger partial charge in [-0.25, -0.2) is 0 Å². The lowest BCUT2D eigenvalue weighted by Gasteiger charge is -2.32. The van der Waals surface area contributed by atoms with E-state index in [0.29, 0.717) is 0 Å². The first-order chi connectivity index (χ1) is 6.60. The Bertz CT molecular complexity index is 228. The largest absolute Gasteiger partial charge is 0.494 e. The molecule has 0 aromatic rings. The van der Waals surface area contributed by atoms with Crippen LogP contribution in [0, 0.1) is 5.41 Å². The van der Waals surface area contributed by atoms with Crippen LogP contribution in [0.2, 0.25) is 0 Å². The molecule has 2 nitrogen and oxygen atoms in total. The Labute approximate surface area is 86.3 Å². The van der Waals surface area contributed by atoms with E-state index in [-0.39, 0.29) is 18.1 Å². The van der Waals surface area contributed by atoms with Gasteiger partial charge in [0.1, 0.15) is 11.9 Å². The molecule has 1 N–H and O–H groups in total. The molecule has 0 unspecified atom stereocenters. The van der Waals surface area contributed by atoms with Crippen LogP contribution < -0.4 is 0 Å². The van der Waals surface area contributed by atoms with Gasteiger partial charge in [0.15, 0.2) is 0 Å². The average Bonchev–Trinajstić information content (AvgIpc) is 2.19. The van der Waals surface area contributed by atoms with Crippen molar-refractivity contribution in [3.05, 3.63) is 24.5 Å². The highest BCUT2D eigenvalue weighted by atomic mass is 16.5. The number of allylic oxidation sites excluding steroid dienone is 1.